The van der Waals surface area contributed by atoms with Crippen molar-refractivity contribution in [3.8, 4) is 0 Å². The number of esters is 4. The molecule has 1 aromatic heterocycles. The maximum atomic E-state index is 11.7. The van der Waals surface area contributed by atoms with Crippen LogP contribution in [-0.4, -0.2) is 51.3 Å². The van der Waals surface area contributed by atoms with Gasteiger partial charge in [0.05, 0.1) is 19.8 Å². The Balaban J connectivity index is 2.82. The topological polar surface area (TPSA) is 132 Å². The van der Waals surface area contributed by atoms with Crippen molar-refractivity contribution in [1.82, 2.24) is 0 Å². The van der Waals surface area contributed by atoms with Gasteiger partial charge in [0, 0.05) is 12.1 Å². The molecular formula is C13H13NO9. The van der Waals surface area contributed by atoms with Crippen LogP contribution < -0.4 is 4.73 Å². The SMILES string of the molecule is COC(=O)COC(=O)c1cc[n+]([O-])c(C(=O)OCC(=O)OC)c1. The van der Waals surface area contributed by atoms with E-state index < -0.39 is 42.8 Å². The molecule has 10 heteroatoms. The molecular weight excluding hydrogens is 314 g/mol. The van der Waals surface area contributed by atoms with Gasteiger partial charge in [-0.2, -0.15) is 4.73 Å². The number of pyridine rings is 1. The fourth-order valence-electron chi connectivity index (χ4n) is 1.29. The highest BCUT2D eigenvalue weighted by Gasteiger charge is 2.22. The standard InChI is InChI=1S/C13H13NO9/c1-20-10(15)6-22-12(17)8-3-4-14(19)9(5-8)13(18)23-7-11(16)21-2/h3-5H,6-7H2,1-2H3. The van der Waals surface area contributed by atoms with Gasteiger partial charge >= 0.3 is 29.6 Å². The lowest BCUT2D eigenvalue weighted by molar-refractivity contribution is -0.608. The second-order valence-corrected chi connectivity index (χ2v) is 3.93. The Morgan fingerprint density at radius 3 is 2.04 bits per heavy atom. The fourth-order valence-corrected chi connectivity index (χ4v) is 1.29. The minimum absolute atomic E-state index is 0.150. The molecule has 0 aliphatic rings. The van der Waals surface area contributed by atoms with E-state index in [2.05, 4.69) is 18.9 Å². The summed E-state index contributed by atoms with van der Waals surface area (Å²) in [5.74, 6) is -3.67. The molecule has 1 heterocycles. The van der Waals surface area contributed by atoms with Crippen molar-refractivity contribution in [3.05, 3.63) is 34.8 Å². The summed E-state index contributed by atoms with van der Waals surface area (Å²) in [6.45, 7) is -1.31. The first-order valence-electron chi connectivity index (χ1n) is 6.10. The van der Waals surface area contributed by atoms with E-state index in [1.165, 1.54) is 0 Å². The quantitative estimate of drug-likeness (QED) is 0.278. The van der Waals surface area contributed by atoms with Crippen molar-refractivity contribution in [2.45, 2.75) is 0 Å². The first-order chi connectivity index (χ1) is 10.9. The molecule has 0 fully saturated rings. The Morgan fingerprint density at radius 2 is 1.52 bits per heavy atom. The van der Waals surface area contributed by atoms with E-state index >= 15 is 0 Å². The molecule has 0 N–H and O–H groups in total. The lowest BCUT2D eigenvalue weighted by Gasteiger charge is -2.07. The summed E-state index contributed by atoms with van der Waals surface area (Å²) in [5, 5.41) is 11.5. The number of ether oxygens (including phenoxy) is 4. The predicted molar refractivity (Wildman–Crippen MR) is 70.0 cm³/mol. The summed E-state index contributed by atoms with van der Waals surface area (Å²) in [7, 11) is 2.22. The van der Waals surface area contributed by atoms with Crippen LogP contribution in [0.4, 0.5) is 0 Å². The number of aromatic nitrogens is 1. The van der Waals surface area contributed by atoms with Crippen LogP contribution in [0.5, 0.6) is 0 Å². The van der Waals surface area contributed by atoms with E-state index in [0.29, 0.717) is 0 Å². The molecule has 10 nitrogen and oxygen atoms in total. The van der Waals surface area contributed by atoms with Gasteiger partial charge < -0.3 is 24.2 Å². The van der Waals surface area contributed by atoms with Crippen LogP contribution in [0.3, 0.4) is 0 Å². The molecule has 0 aromatic carbocycles. The fraction of sp³-hybridized carbons (Fsp3) is 0.308. The Hall–Kier alpha value is -3.17. The first kappa shape index (κ1) is 17.9. The first-order valence-corrected chi connectivity index (χ1v) is 6.10. The number of hydrogen-bond acceptors (Lipinski definition) is 9. The highest BCUT2D eigenvalue weighted by molar-refractivity contribution is 5.94. The van der Waals surface area contributed by atoms with Gasteiger partial charge in [-0.3, -0.25) is 0 Å². The molecule has 0 aliphatic heterocycles. The van der Waals surface area contributed by atoms with Crippen LogP contribution in [0.25, 0.3) is 0 Å². The molecule has 124 valence electrons. The summed E-state index contributed by atoms with van der Waals surface area (Å²) in [6.07, 6.45) is 0.878. The van der Waals surface area contributed by atoms with Gasteiger partial charge in [-0.05, 0) is 0 Å². The minimum atomic E-state index is -1.13. The van der Waals surface area contributed by atoms with Crippen LogP contribution >= 0.6 is 0 Å². The predicted octanol–water partition coefficient (Wildman–Crippen LogP) is -1.02. The second kappa shape index (κ2) is 8.32. The summed E-state index contributed by atoms with van der Waals surface area (Å²) in [6, 6.07) is 2.00. The molecule has 1 rings (SSSR count). The van der Waals surface area contributed by atoms with Crippen LogP contribution in [0.2, 0.25) is 0 Å². The number of methoxy groups -OCH3 is 2. The summed E-state index contributed by atoms with van der Waals surface area (Å²) < 4.78 is 17.9. The number of hydrogen-bond donors (Lipinski definition) is 0. The maximum absolute atomic E-state index is 11.7. The molecule has 0 saturated heterocycles. The van der Waals surface area contributed by atoms with E-state index in [4.69, 9.17) is 0 Å². The highest BCUT2D eigenvalue weighted by atomic mass is 16.6. The molecule has 1 aromatic rings. The Labute approximate surface area is 130 Å². The second-order valence-electron chi connectivity index (χ2n) is 3.93. The van der Waals surface area contributed by atoms with E-state index in [-0.39, 0.29) is 10.3 Å². The third-order valence-electron chi connectivity index (χ3n) is 2.46. The highest BCUT2D eigenvalue weighted by Crippen LogP contribution is 2.05. The number of carbonyl (C=O) groups excluding carboxylic acids is 4. The average molecular weight is 327 g/mol. The van der Waals surface area contributed by atoms with Gasteiger partial charge in [-0.1, -0.05) is 0 Å². The van der Waals surface area contributed by atoms with Crippen LogP contribution in [0, 0.1) is 5.21 Å². The molecule has 0 aliphatic carbocycles. The van der Waals surface area contributed by atoms with Gasteiger partial charge in [0.1, 0.15) is 0 Å². The molecule has 0 unspecified atom stereocenters. The van der Waals surface area contributed by atoms with Crippen molar-refractivity contribution in [2.75, 3.05) is 27.4 Å². The van der Waals surface area contributed by atoms with E-state index in [1.807, 2.05) is 0 Å². The Kier molecular flexibility index (Phi) is 6.46. The minimum Gasteiger partial charge on any atom is -0.618 e. The third kappa shape index (κ3) is 5.26. The van der Waals surface area contributed by atoms with E-state index in [1.54, 1.807) is 0 Å². The van der Waals surface area contributed by atoms with Gasteiger partial charge in [-0.15, -0.1) is 0 Å². The average Bonchev–Trinajstić information content (AvgIpc) is 2.56. The zero-order chi connectivity index (χ0) is 17.4. The van der Waals surface area contributed by atoms with Crippen molar-refractivity contribution in [2.24, 2.45) is 0 Å². The largest absolute Gasteiger partial charge is 0.618 e. The normalized spacial score (nSPS) is 9.65. The number of nitrogens with zero attached hydrogens (tertiary/aromatic N) is 1. The van der Waals surface area contributed by atoms with Crippen LogP contribution in [-0.2, 0) is 28.5 Å². The van der Waals surface area contributed by atoms with Gasteiger partial charge in [0.25, 0.3) is 0 Å². The molecule has 0 radical (unpaired) electrons. The molecule has 0 atom stereocenters. The monoisotopic (exact) mass is 327 g/mol. The van der Waals surface area contributed by atoms with Crippen LogP contribution in [0.1, 0.15) is 20.8 Å². The number of carbonyl (C=O) groups is 4. The molecule has 0 saturated carbocycles. The van der Waals surface area contributed by atoms with Gasteiger partial charge in [-0.25, -0.2) is 19.2 Å². The van der Waals surface area contributed by atoms with E-state index in [9.17, 15) is 24.4 Å². The summed E-state index contributed by atoms with van der Waals surface area (Å²) in [5.41, 5.74) is -0.701. The van der Waals surface area contributed by atoms with Crippen molar-refractivity contribution in [1.29, 1.82) is 0 Å². The van der Waals surface area contributed by atoms with Gasteiger partial charge in [0.2, 0.25) is 0 Å². The van der Waals surface area contributed by atoms with Crippen molar-refractivity contribution in [3.63, 3.8) is 0 Å². The Morgan fingerprint density at radius 1 is 1.00 bits per heavy atom. The Bertz CT molecular complexity index is 626. The summed E-state index contributed by atoms with van der Waals surface area (Å²) in [4.78, 5) is 45.2. The van der Waals surface area contributed by atoms with Crippen molar-refractivity contribution < 1.29 is 42.9 Å². The number of rotatable bonds is 6. The maximum Gasteiger partial charge on any atom is 0.405 e. The summed E-state index contributed by atoms with van der Waals surface area (Å²) >= 11 is 0. The smallest absolute Gasteiger partial charge is 0.405 e. The molecule has 23 heavy (non-hydrogen) atoms. The molecule has 0 amide bonds. The van der Waals surface area contributed by atoms with Crippen molar-refractivity contribution >= 4 is 23.9 Å². The van der Waals surface area contributed by atoms with Gasteiger partial charge in [0.15, 0.2) is 19.4 Å². The molecule has 0 spiro atoms. The lowest BCUT2D eigenvalue weighted by Crippen LogP contribution is -2.36. The lowest BCUT2D eigenvalue weighted by atomic mass is 10.2. The van der Waals surface area contributed by atoms with Crippen LogP contribution in [0.15, 0.2) is 18.3 Å². The third-order valence-corrected chi connectivity index (χ3v) is 2.46. The zero-order valence-corrected chi connectivity index (χ0v) is 12.3. The van der Waals surface area contributed by atoms with E-state index in [0.717, 1.165) is 32.5 Å². The molecule has 0 bridgehead atoms. The zero-order valence-electron chi connectivity index (χ0n) is 12.3.